The molecular weight excluding hydrogens is 564 g/mol. The van der Waals surface area contributed by atoms with E-state index in [4.69, 9.17) is 14.2 Å². The fourth-order valence-electron chi connectivity index (χ4n) is 5.45. The van der Waals surface area contributed by atoms with E-state index in [1.54, 1.807) is 21.0 Å². The molecule has 0 bridgehead atoms. The van der Waals surface area contributed by atoms with Crippen LogP contribution in [-0.4, -0.2) is 52.4 Å². The topological polar surface area (TPSA) is 98.2 Å². The fraction of sp³-hybridized carbons (Fsp3) is 0.433. The molecule has 0 unspecified atom stereocenters. The lowest BCUT2D eigenvalue weighted by Gasteiger charge is -2.34. The van der Waals surface area contributed by atoms with Crippen LogP contribution in [0.25, 0.3) is 10.9 Å². The first-order valence-corrected chi connectivity index (χ1v) is 13.7. The highest BCUT2D eigenvalue weighted by atomic mass is 79.9. The number of halogens is 1. The largest absolute Gasteiger partial charge is 0.481 e. The number of para-hydroxylation sites is 1. The van der Waals surface area contributed by atoms with Gasteiger partial charge in [-0.25, -0.2) is 14.6 Å². The molecule has 0 saturated carbocycles. The van der Waals surface area contributed by atoms with Crippen molar-refractivity contribution in [3.8, 4) is 5.88 Å². The minimum Gasteiger partial charge on any atom is -0.481 e. The van der Waals surface area contributed by atoms with Gasteiger partial charge in [0.05, 0.1) is 37.5 Å². The highest BCUT2D eigenvalue weighted by Crippen LogP contribution is 2.51. The number of carbonyl (C=O) groups is 2. The van der Waals surface area contributed by atoms with Crippen molar-refractivity contribution in [2.24, 2.45) is 11.3 Å². The van der Waals surface area contributed by atoms with Crippen LogP contribution in [0.5, 0.6) is 5.88 Å². The Kier molecular flexibility index (Phi) is 8.51. The average molecular weight is 600 g/mol. The zero-order chi connectivity index (χ0) is 28.5. The number of ether oxygens (including phenoxy) is 3. The summed E-state index contributed by atoms with van der Waals surface area (Å²) in [6, 6.07) is 15.3. The van der Waals surface area contributed by atoms with Gasteiger partial charge in [0.15, 0.2) is 0 Å². The van der Waals surface area contributed by atoms with E-state index in [0.717, 1.165) is 26.5 Å². The van der Waals surface area contributed by atoms with Gasteiger partial charge in [-0.05, 0) is 43.0 Å². The number of likely N-dealkylation sites (tertiary alicyclic amines) is 1. The summed E-state index contributed by atoms with van der Waals surface area (Å²) in [7, 11) is 1.56. The van der Waals surface area contributed by atoms with E-state index in [2.05, 4.69) is 20.9 Å². The molecule has 4 atom stereocenters. The number of carbonyl (C=O) groups excluding carboxylic acids is 1. The van der Waals surface area contributed by atoms with Crippen molar-refractivity contribution >= 4 is 38.9 Å². The molecule has 1 fully saturated rings. The second-order valence-electron chi connectivity index (χ2n) is 11.1. The lowest BCUT2D eigenvalue weighted by Crippen LogP contribution is -2.47. The Bertz CT molecular complexity index is 1350. The van der Waals surface area contributed by atoms with Crippen molar-refractivity contribution in [1.82, 2.24) is 9.88 Å². The van der Waals surface area contributed by atoms with Crippen LogP contribution in [0.3, 0.4) is 0 Å². The molecule has 8 nitrogen and oxygen atoms in total. The van der Waals surface area contributed by atoms with Crippen molar-refractivity contribution in [3.05, 3.63) is 70.2 Å². The van der Waals surface area contributed by atoms with E-state index in [-0.39, 0.29) is 6.61 Å². The van der Waals surface area contributed by atoms with Crippen LogP contribution in [0.2, 0.25) is 0 Å². The monoisotopic (exact) mass is 598 g/mol. The number of hydrogen-bond donors (Lipinski definition) is 1. The van der Waals surface area contributed by atoms with Gasteiger partial charge in [-0.2, -0.15) is 0 Å². The van der Waals surface area contributed by atoms with E-state index < -0.39 is 47.7 Å². The summed E-state index contributed by atoms with van der Waals surface area (Å²) >= 11 is 3.62. The fourth-order valence-corrected chi connectivity index (χ4v) is 5.97. The van der Waals surface area contributed by atoms with Crippen LogP contribution in [0, 0.1) is 11.3 Å². The van der Waals surface area contributed by atoms with Gasteiger partial charge in [0.25, 0.3) is 0 Å². The number of methoxy groups -OCH3 is 1. The number of benzene rings is 2. The summed E-state index contributed by atoms with van der Waals surface area (Å²) in [6.45, 7) is 9.50. The highest BCUT2D eigenvalue weighted by molar-refractivity contribution is 9.10. The number of carboxylic acids is 1. The number of fused-ring (bicyclic) bond motifs is 1. The van der Waals surface area contributed by atoms with Crippen LogP contribution in [0.15, 0.2) is 59.1 Å². The van der Waals surface area contributed by atoms with Gasteiger partial charge in [-0.3, -0.25) is 4.90 Å². The third-order valence-electron chi connectivity index (χ3n) is 7.02. The molecule has 4 rings (SSSR count). The normalized spacial score (nSPS) is 21.4. The molecule has 208 valence electrons. The summed E-state index contributed by atoms with van der Waals surface area (Å²) in [5, 5.41) is 11.4. The number of carboxylic acid groups (broad SMARTS) is 1. The predicted octanol–water partition coefficient (Wildman–Crippen LogP) is 6.61. The van der Waals surface area contributed by atoms with Gasteiger partial charge < -0.3 is 19.3 Å². The minimum atomic E-state index is -1.17. The molecular formula is C30H35BrN2O6. The van der Waals surface area contributed by atoms with Crippen molar-refractivity contribution in [2.45, 2.75) is 65.5 Å². The second-order valence-corrected chi connectivity index (χ2v) is 12.0. The van der Waals surface area contributed by atoms with Gasteiger partial charge in [-0.1, -0.05) is 73.1 Å². The van der Waals surface area contributed by atoms with E-state index in [9.17, 15) is 14.7 Å². The number of rotatable bonds is 7. The van der Waals surface area contributed by atoms with Gasteiger partial charge in [-0.15, -0.1) is 0 Å². The van der Waals surface area contributed by atoms with Gasteiger partial charge >= 0.3 is 12.1 Å². The van der Waals surface area contributed by atoms with E-state index in [0.29, 0.717) is 5.88 Å². The molecule has 1 amide bonds. The minimum absolute atomic E-state index is 0.110. The number of pyridine rings is 1. The maximum atomic E-state index is 13.5. The first kappa shape index (κ1) is 28.8. The van der Waals surface area contributed by atoms with Crippen LogP contribution < -0.4 is 4.74 Å². The number of aliphatic carboxylic acids is 1. The maximum absolute atomic E-state index is 13.5. The van der Waals surface area contributed by atoms with Crippen LogP contribution >= 0.6 is 15.9 Å². The Morgan fingerprint density at radius 2 is 1.77 bits per heavy atom. The molecule has 1 aromatic heterocycles. The van der Waals surface area contributed by atoms with Crippen LogP contribution in [0.4, 0.5) is 4.79 Å². The molecule has 1 aliphatic rings. The average Bonchev–Trinajstić information content (AvgIpc) is 3.22. The Hall–Kier alpha value is -3.17. The van der Waals surface area contributed by atoms with Crippen LogP contribution in [-0.2, 0) is 20.9 Å². The first-order chi connectivity index (χ1) is 18.4. The third kappa shape index (κ3) is 5.89. The summed E-state index contributed by atoms with van der Waals surface area (Å²) in [5.74, 6) is -1.24. The number of amides is 1. The second kappa shape index (κ2) is 11.5. The summed E-state index contributed by atoms with van der Waals surface area (Å²) in [4.78, 5) is 32.4. The van der Waals surface area contributed by atoms with Crippen molar-refractivity contribution in [2.75, 3.05) is 7.11 Å². The Morgan fingerprint density at radius 3 is 2.38 bits per heavy atom. The Balaban J connectivity index is 1.84. The molecule has 2 heterocycles. The molecule has 2 aromatic carbocycles. The first-order valence-electron chi connectivity index (χ1n) is 12.9. The summed E-state index contributed by atoms with van der Waals surface area (Å²) in [5.41, 5.74) is 1.73. The Labute approximate surface area is 237 Å². The van der Waals surface area contributed by atoms with Crippen molar-refractivity contribution in [3.63, 3.8) is 0 Å². The maximum Gasteiger partial charge on any atom is 0.411 e. The highest BCUT2D eigenvalue weighted by Gasteiger charge is 2.59. The summed E-state index contributed by atoms with van der Waals surface area (Å²) in [6.07, 6.45) is -1.79. The zero-order valence-electron chi connectivity index (χ0n) is 23.1. The number of aromatic nitrogens is 1. The SMILES string of the molecule is COc1nc2ccccc2cc1CO[C@H]1[C@H](C(C)(C)C)[C@@H](C(=O)O)N(C(=O)OC(C)C)[C@H]1c1ccccc1Br. The molecule has 1 saturated heterocycles. The lowest BCUT2D eigenvalue weighted by atomic mass is 9.73. The smallest absolute Gasteiger partial charge is 0.411 e. The molecule has 1 N–H and O–H groups in total. The Morgan fingerprint density at radius 1 is 1.10 bits per heavy atom. The molecule has 3 aromatic rings. The van der Waals surface area contributed by atoms with E-state index in [1.807, 2.05) is 75.4 Å². The van der Waals surface area contributed by atoms with Crippen molar-refractivity contribution in [1.29, 1.82) is 0 Å². The molecule has 39 heavy (non-hydrogen) atoms. The van der Waals surface area contributed by atoms with E-state index >= 15 is 0 Å². The molecule has 1 aliphatic heterocycles. The van der Waals surface area contributed by atoms with Gasteiger partial charge in [0, 0.05) is 21.3 Å². The van der Waals surface area contributed by atoms with Gasteiger partial charge in [0.1, 0.15) is 6.04 Å². The van der Waals surface area contributed by atoms with Crippen LogP contribution in [0.1, 0.15) is 51.8 Å². The van der Waals surface area contributed by atoms with E-state index in [1.165, 1.54) is 4.90 Å². The molecule has 0 aliphatic carbocycles. The molecule has 0 radical (unpaired) electrons. The molecule has 9 heteroatoms. The number of nitrogens with zero attached hydrogens (tertiary/aromatic N) is 2. The quantitative estimate of drug-likeness (QED) is 0.327. The van der Waals surface area contributed by atoms with Crippen molar-refractivity contribution < 1.29 is 28.9 Å². The summed E-state index contributed by atoms with van der Waals surface area (Å²) < 4.78 is 18.6. The number of hydrogen-bond acceptors (Lipinski definition) is 6. The predicted molar refractivity (Wildman–Crippen MR) is 152 cm³/mol. The van der Waals surface area contributed by atoms with Gasteiger partial charge in [0.2, 0.25) is 5.88 Å². The standard InChI is InChI=1S/C30H35BrN2O6/c1-17(2)39-29(36)33-24(20-12-8-9-13-21(20)31)26(23(30(3,4)5)25(33)28(34)35)38-16-19-15-18-11-7-10-14-22(18)32-27(19)37-6/h7-15,17,23-26H,16H2,1-6H3,(H,34,35)/t23-,24+,25+,26+/m1/s1. The third-order valence-corrected chi connectivity index (χ3v) is 7.74. The zero-order valence-corrected chi connectivity index (χ0v) is 24.6. The lowest BCUT2D eigenvalue weighted by molar-refractivity contribution is -0.145. The molecule has 0 spiro atoms.